The van der Waals surface area contributed by atoms with E-state index in [0.717, 1.165) is 64.4 Å². The van der Waals surface area contributed by atoms with Gasteiger partial charge in [-0.1, -0.05) is 19.1 Å². The van der Waals surface area contributed by atoms with Gasteiger partial charge in [-0.3, -0.25) is 0 Å². The molecule has 0 saturated heterocycles. The zero-order chi connectivity index (χ0) is 24.8. The lowest BCUT2D eigenvalue weighted by molar-refractivity contribution is 0.490. The smallest absolute Gasteiger partial charge is 0.306 e. The Morgan fingerprint density at radius 2 is 1.29 bits per heavy atom. The highest BCUT2D eigenvalue weighted by atomic mass is 32.2. The van der Waals surface area contributed by atoms with Crippen LogP contribution in [0.2, 0.25) is 0 Å². The van der Waals surface area contributed by atoms with Crippen LogP contribution in [0.5, 0.6) is 11.5 Å². The molecule has 2 N–H and O–H groups in total. The lowest BCUT2D eigenvalue weighted by Crippen LogP contribution is -2.19. The third-order valence-corrected chi connectivity index (χ3v) is 6.81. The van der Waals surface area contributed by atoms with Crippen molar-refractivity contribution >= 4 is 20.2 Å². The molecule has 0 bridgehead atoms. The summed E-state index contributed by atoms with van der Waals surface area (Å²) in [4.78, 5) is 0. The molecule has 2 aromatic carbocycles. The van der Waals surface area contributed by atoms with Gasteiger partial charge in [-0.15, -0.1) is 0 Å². The van der Waals surface area contributed by atoms with E-state index in [9.17, 15) is 16.8 Å². The first-order valence-electron chi connectivity index (χ1n) is 11.5. The minimum atomic E-state index is -3.45. The second-order valence-electron chi connectivity index (χ2n) is 8.68. The molecule has 0 radical (unpaired) electrons. The van der Waals surface area contributed by atoms with Crippen molar-refractivity contribution in [3.8, 4) is 11.5 Å². The summed E-state index contributed by atoms with van der Waals surface area (Å²) in [6.45, 7) is 5.97. The van der Waals surface area contributed by atoms with E-state index in [1.54, 1.807) is 12.1 Å². The molecule has 0 spiro atoms. The van der Waals surface area contributed by atoms with Crippen LogP contribution in [0.4, 0.5) is 0 Å². The average Bonchev–Trinajstić information content (AvgIpc) is 3.09. The van der Waals surface area contributed by atoms with Crippen LogP contribution in [0.25, 0.3) is 0 Å². The molecular formula is C24H34N2O6S2. The van der Waals surface area contributed by atoms with E-state index in [1.807, 2.05) is 24.3 Å². The Morgan fingerprint density at radius 1 is 0.765 bits per heavy atom. The molecule has 8 nitrogen and oxygen atoms in total. The lowest BCUT2D eigenvalue weighted by Gasteiger charge is -2.16. The van der Waals surface area contributed by atoms with E-state index in [1.165, 1.54) is 22.3 Å². The Labute approximate surface area is 203 Å². The Bertz CT molecular complexity index is 1200. The third-order valence-electron chi connectivity index (χ3n) is 5.82. The molecule has 0 fully saturated rings. The molecule has 34 heavy (non-hydrogen) atoms. The van der Waals surface area contributed by atoms with E-state index in [0.29, 0.717) is 17.4 Å². The quantitative estimate of drug-likeness (QED) is 0.590. The molecule has 4 rings (SSSR count). The molecule has 10 heteroatoms. The van der Waals surface area contributed by atoms with Gasteiger partial charge in [-0.2, -0.15) is 16.8 Å². The fourth-order valence-corrected chi connectivity index (χ4v) is 5.18. The number of hydrogen-bond donors (Lipinski definition) is 2. The van der Waals surface area contributed by atoms with Gasteiger partial charge in [0.2, 0.25) is 0 Å². The predicted molar refractivity (Wildman–Crippen MR) is 134 cm³/mol. The molecule has 1 atom stereocenters. The van der Waals surface area contributed by atoms with Crippen molar-refractivity contribution in [3.63, 3.8) is 0 Å². The van der Waals surface area contributed by atoms with Gasteiger partial charge in [0.15, 0.2) is 0 Å². The third kappa shape index (κ3) is 8.26. The summed E-state index contributed by atoms with van der Waals surface area (Å²) in [5, 5.41) is 6.71. The summed E-state index contributed by atoms with van der Waals surface area (Å²) < 4.78 is 54.0. The van der Waals surface area contributed by atoms with Crippen molar-refractivity contribution in [3.05, 3.63) is 58.7 Å². The van der Waals surface area contributed by atoms with Crippen molar-refractivity contribution in [2.45, 2.75) is 38.5 Å². The van der Waals surface area contributed by atoms with Gasteiger partial charge in [-0.05, 0) is 97.8 Å². The van der Waals surface area contributed by atoms with Gasteiger partial charge >= 0.3 is 20.2 Å². The SMILES string of the molecule is CCC1CNCCc2cc(OS(C)(=O)=O)ccc21.CS(=O)(=O)Oc1ccc2c(c1)CCNCC2. The van der Waals surface area contributed by atoms with E-state index >= 15 is 0 Å². The van der Waals surface area contributed by atoms with Crippen LogP contribution in [0.1, 0.15) is 41.5 Å². The number of benzene rings is 2. The van der Waals surface area contributed by atoms with Crippen molar-refractivity contribution in [1.82, 2.24) is 10.6 Å². The maximum atomic E-state index is 11.1. The number of rotatable bonds is 5. The lowest BCUT2D eigenvalue weighted by atomic mass is 9.92. The topological polar surface area (TPSA) is 111 Å². The second-order valence-corrected chi connectivity index (χ2v) is 11.8. The van der Waals surface area contributed by atoms with E-state index in [2.05, 4.69) is 17.6 Å². The van der Waals surface area contributed by atoms with E-state index in [-0.39, 0.29) is 0 Å². The molecule has 1 unspecified atom stereocenters. The first-order chi connectivity index (χ1) is 16.0. The van der Waals surface area contributed by atoms with Crippen LogP contribution in [0.3, 0.4) is 0 Å². The zero-order valence-electron chi connectivity index (χ0n) is 20.0. The van der Waals surface area contributed by atoms with Gasteiger partial charge in [0.25, 0.3) is 0 Å². The largest absolute Gasteiger partial charge is 0.383 e. The van der Waals surface area contributed by atoms with Gasteiger partial charge in [-0.25, -0.2) is 0 Å². The Balaban J connectivity index is 0.000000192. The maximum Gasteiger partial charge on any atom is 0.306 e. The molecule has 2 aliphatic heterocycles. The fraction of sp³-hybridized carbons (Fsp3) is 0.500. The van der Waals surface area contributed by atoms with Gasteiger partial charge < -0.3 is 19.0 Å². The summed E-state index contributed by atoms with van der Waals surface area (Å²) in [7, 11) is -6.88. The van der Waals surface area contributed by atoms with Crippen molar-refractivity contribution < 1.29 is 25.2 Å². The minimum Gasteiger partial charge on any atom is -0.383 e. The minimum absolute atomic E-state index is 0.406. The van der Waals surface area contributed by atoms with Crippen LogP contribution >= 0.6 is 0 Å². The van der Waals surface area contributed by atoms with Crippen LogP contribution in [0, 0.1) is 0 Å². The van der Waals surface area contributed by atoms with E-state index < -0.39 is 20.2 Å². The average molecular weight is 511 g/mol. The maximum absolute atomic E-state index is 11.1. The molecule has 0 aliphatic carbocycles. The van der Waals surface area contributed by atoms with Gasteiger partial charge in [0, 0.05) is 6.54 Å². The molecule has 188 valence electrons. The molecule has 2 heterocycles. The molecule has 0 aromatic heterocycles. The van der Waals surface area contributed by atoms with Crippen LogP contribution < -0.4 is 19.0 Å². The van der Waals surface area contributed by atoms with Gasteiger partial charge in [0.05, 0.1) is 12.5 Å². The number of fused-ring (bicyclic) bond motifs is 2. The van der Waals surface area contributed by atoms with Crippen LogP contribution in [-0.2, 0) is 39.5 Å². The molecule has 2 aromatic rings. The van der Waals surface area contributed by atoms with Crippen molar-refractivity contribution in [2.75, 3.05) is 38.7 Å². The van der Waals surface area contributed by atoms with E-state index in [4.69, 9.17) is 8.37 Å². The highest BCUT2D eigenvalue weighted by Crippen LogP contribution is 2.29. The first kappa shape index (κ1) is 26.5. The normalized spacial score (nSPS) is 18.3. The van der Waals surface area contributed by atoms with Crippen LogP contribution in [-0.4, -0.2) is 55.5 Å². The molecule has 2 aliphatic rings. The summed E-state index contributed by atoms with van der Waals surface area (Å²) in [5.41, 5.74) is 4.94. The van der Waals surface area contributed by atoms with Crippen LogP contribution in [0.15, 0.2) is 36.4 Å². The second kappa shape index (κ2) is 11.5. The molecular weight excluding hydrogens is 476 g/mol. The summed E-state index contributed by atoms with van der Waals surface area (Å²) in [6.07, 6.45) is 6.00. The highest BCUT2D eigenvalue weighted by molar-refractivity contribution is 7.86. The van der Waals surface area contributed by atoms with Gasteiger partial charge in [0.1, 0.15) is 11.5 Å². The zero-order valence-corrected chi connectivity index (χ0v) is 21.6. The number of hydrogen-bond acceptors (Lipinski definition) is 8. The molecule has 0 amide bonds. The fourth-order valence-electron chi connectivity index (χ4n) is 4.27. The summed E-state index contributed by atoms with van der Waals surface area (Å²) in [5.74, 6) is 1.31. The van der Waals surface area contributed by atoms with Crippen molar-refractivity contribution in [2.24, 2.45) is 0 Å². The standard InChI is InChI=1S/C13H19NO3S.C11H15NO3S/c1-3-10-9-14-7-6-11-8-12(4-5-13(10)11)17-18(2,15)16;1-16(13,14)15-11-3-2-9-4-6-12-7-5-10(9)8-11/h4-5,8,10,14H,3,6-7,9H2,1-2H3;2-3,8,12H,4-7H2,1H3. The Morgan fingerprint density at radius 3 is 1.91 bits per heavy atom. The summed E-state index contributed by atoms with van der Waals surface area (Å²) >= 11 is 0. The monoisotopic (exact) mass is 510 g/mol. The first-order valence-corrected chi connectivity index (χ1v) is 15.1. The van der Waals surface area contributed by atoms with Crippen molar-refractivity contribution in [1.29, 1.82) is 0 Å². The highest BCUT2D eigenvalue weighted by Gasteiger charge is 2.18. The Kier molecular flexibility index (Phi) is 8.97. The Hall–Kier alpha value is -2.14. The summed E-state index contributed by atoms with van der Waals surface area (Å²) in [6, 6.07) is 11.1. The molecule has 0 saturated carbocycles. The number of nitrogens with one attached hydrogen (secondary N) is 2. The predicted octanol–water partition coefficient (Wildman–Crippen LogP) is 2.38.